The van der Waals surface area contributed by atoms with Crippen LogP contribution in [0.1, 0.15) is 25.7 Å². The number of carbonyl (C=O) groups excluding carboxylic acids is 2. The summed E-state index contributed by atoms with van der Waals surface area (Å²) < 4.78 is 26.1. The molecule has 0 fully saturated rings. The SMILES string of the molecule is COCCOC(=O)CCN(CCSSC)CCC(=O)CCC[Si](OC)(OC)OC. The van der Waals surface area contributed by atoms with Crippen LogP contribution in [0.3, 0.4) is 0 Å². The molecule has 0 atom stereocenters. The molecule has 0 heterocycles. The van der Waals surface area contributed by atoms with Gasteiger partial charge >= 0.3 is 14.8 Å². The summed E-state index contributed by atoms with van der Waals surface area (Å²) in [5, 5.41) is 0. The minimum Gasteiger partial charge on any atom is -0.463 e. The van der Waals surface area contributed by atoms with Crippen molar-refractivity contribution >= 4 is 42.1 Å². The molecule has 0 aliphatic rings. The normalized spacial score (nSPS) is 11.8. The predicted octanol–water partition coefficient (Wildman–Crippen LogP) is 2.50. The van der Waals surface area contributed by atoms with Gasteiger partial charge in [-0.15, -0.1) is 0 Å². The van der Waals surface area contributed by atoms with Crippen molar-refractivity contribution in [1.29, 1.82) is 0 Å². The Hall–Kier alpha value is -0.143. The molecule has 0 aromatic heterocycles. The summed E-state index contributed by atoms with van der Waals surface area (Å²) in [4.78, 5) is 26.2. The third-order valence-electron chi connectivity index (χ3n) is 4.37. The number of rotatable bonds is 20. The molecule has 29 heavy (non-hydrogen) atoms. The first-order valence-corrected chi connectivity index (χ1v) is 14.3. The van der Waals surface area contributed by atoms with Crippen molar-refractivity contribution in [2.24, 2.45) is 0 Å². The Balaban J connectivity index is 4.31. The summed E-state index contributed by atoms with van der Waals surface area (Å²) in [6, 6.07) is 0.615. The van der Waals surface area contributed by atoms with Crippen LogP contribution in [-0.2, 0) is 32.3 Å². The highest BCUT2D eigenvalue weighted by atomic mass is 33.1. The number of esters is 1. The molecule has 11 heteroatoms. The molecule has 0 aliphatic heterocycles. The van der Waals surface area contributed by atoms with Crippen LogP contribution in [0, 0.1) is 0 Å². The van der Waals surface area contributed by atoms with Gasteiger partial charge in [0.25, 0.3) is 0 Å². The van der Waals surface area contributed by atoms with E-state index in [1.54, 1.807) is 50.0 Å². The summed E-state index contributed by atoms with van der Waals surface area (Å²) in [6.45, 7) is 2.72. The van der Waals surface area contributed by atoms with E-state index in [1.807, 2.05) is 6.26 Å². The summed E-state index contributed by atoms with van der Waals surface area (Å²) in [7, 11) is 7.15. The Bertz CT molecular complexity index is 434. The van der Waals surface area contributed by atoms with Gasteiger partial charge in [-0.05, 0) is 12.7 Å². The number of ketones is 1. The molecule has 0 unspecified atom stereocenters. The maximum Gasteiger partial charge on any atom is 0.500 e. The van der Waals surface area contributed by atoms with Gasteiger partial charge in [-0.2, -0.15) is 0 Å². The van der Waals surface area contributed by atoms with Crippen LogP contribution in [0.15, 0.2) is 0 Å². The fourth-order valence-electron chi connectivity index (χ4n) is 2.61. The van der Waals surface area contributed by atoms with Gasteiger partial charge in [0.1, 0.15) is 12.4 Å². The first-order valence-electron chi connectivity index (χ1n) is 9.66. The topological polar surface area (TPSA) is 83.5 Å². The van der Waals surface area contributed by atoms with Crippen molar-refractivity contribution in [2.45, 2.75) is 31.7 Å². The highest BCUT2D eigenvalue weighted by Gasteiger charge is 2.37. The fourth-order valence-corrected chi connectivity index (χ4v) is 5.56. The van der Waals surface area contributed by atoms with Crippen LogP contribution in [0.25, 0.3) is 0 Å². The highest BCUT2D eigenvalue weighted by molar-refractivity contribution is 8.76. The molecule has 0 spiro atoms. The lowest BCUT2D eigenvalue weighted by Crippen LogP contribution is -2.42. The van der Waals surface area contributed by atoms with Crippen molar-refractivity contribution in [3.05, 3.63) is 0 Å². The van der Waals surface area contributed by atoms with Gasteiger partial charge in [0.2, 0.25) is 0 Å². The van der Waals surface area contributed by atoms with Crippen LogP contribution in [0.2, 0.25) is 6.04 Å². The number of ether oxygens (including phenoxy) is 2. The quantitative estimate of drug-likeness (QED) is 0.114. The monoisotopic (exact) mass is 471 g/mol. The van der Waals surface area contributed by atoms with Crippen LogP contribution >= 0.6 is 21.6 Å². The van der Waals surface area contributed by atoms with E-state index in [1.165, 1.54) is 0 Å². The van der Waals surface area contributed by atoms with Gasteiger partial charge in [0.05, 0.1) is 13.0 Å². The lowest BCUT2D eigenvalue weighted by molar-refractivity contribution is -0.145. The van der Waals surface area contributed by atoms with Crippen molar-refractivity contribution in [2.75, 3.05) is 73.3 Å². The summed E-state index contributed by atoms with van der Waals surface area (Å²) >= 11 is 0. The zero-order chi connectivity index (χ0) is 22.0. The standard InChI is InChI=1S/C18H37NO7S2Si/c1-22-13-14-26-18(21)9-11-19(12-15-28-27-5)10-8-17(20)7-6-16-29(23-2,24-3)25-4/h6-16H2,1-5H3. The first kappa shape index (κ1) is 28.9. The predicted molar refractivity (Wildman–Crippen MR) is 120 cm³/mol. The zero-order valence-electron chi connectivity index (χ0n) is 18.4. The number of Topliss-reactive ketones (excluding diaryl/α,β-unsaturated/α-hetero) is 1. The first-order chi connectivity index (χ1) is 14.0. The van der Waals surface area contributed by atoms with Gasteiger partial charge in [0.15, 0.2) is 0 Å². The molecule has 0 bridgehead atoms. The Kier molecular flexibility index (Phi) is 18.5. The molecule has 172 valence electrons. The number of methoxy groups -OCH3 is 1. The number of hydrogen-bond donors (Lipinski definition) is 0. The van der Waals surface area contributed by atoms with E-state index < -0.39 is 8.80 Å². The minimum absolute atomic E-state index is 0.196. The summed E-state index contributed by atoms with van der Waals surface area (Å²) in [6.07, 6.45) is 3.96. The molecule has 8 nitrogen and oxygen atoms in total. The summed E-state index contributed by atoms with van der Waals surface area (Å²) in [5.74, 6) is 0.898. The molecule has 0 N–H and O–H groups in total. The van der Waals surface area contributed by atoms with Crippen LogP contribution in [-0.4, -0.2) is 98.8 Å². The largest absolute Gasteiger partial charge is 0.500 e. The van der Waals surface area contributed by atoms with E-state index in [0.29, 0.717) is 51.4 Å². The fraction of sp³-hybridized carbons (Fsp3) is 0.889. The lowest BCUT2D eigenvalue weighted by atomic mass is 10.1. The van der Waals surface area contributed by atoms with Crippen LogP contribution in [0.5, 0.6) is 0 Å². The van der Waals surface area contributed by atoms with E-state index in [0.717, 1.165) is 12.3 Å². The average molecular weight is 472 g/mol. The molecule has 0 saturated carbocycles. The Morgan fingerprint density at radius 1 is 0.897 bits per heavy atom. The van der Waals surface area contributed by atoms with E-state index in [2.05, 4.69) is 4.90 Å². The summed E-state index contributed by atoms with van der Waals surface area (Å²) in [5.41, 5.74) is 0. The van der Waals surface area contributed by atoms with E-state index in [9.17, 15) is 9.59 Å². The third-order valence-corrected chi connectivity index (χ3v) is 8.99. The smallest absolute Gasteiger partial charge is 0.463 e. The second-order valence-corrected chi connectivity index (χ2v) is 12.0. The second kappa shape index (κ2) is 18.6. The molecular formula is C18H37NO7S2Si. The van der Waals surface area contributed by atoms with Crippen LogP contribution < -0.4 is 0 Å². The van der Waals surface area contributed by atoms with Gasteiger partial charge < -0.3 is 27.7 Å². The molecule has 0 radical (unpaired) electrons. The molecule has 0 aromatic carbocycles. The minimum atomic E-state index is -2.62. The van der Waals surface area contributed by atoms with Gasteiger partial charge in [0, 0.05) is 72.7 Å². The van der Waals surface area contributed by atoms with E-state index in [-0.39, 0.29) is 18.4 Å². The molecule has 0 saturated heterocycles. The molecular weight excluding hydrogens is 434 g/mol. The van der Waals surface area contributed by atoms with Crippen molar-refractivity contribution in [3.63, 3.8) is 0 Å². The number of hydrogen-bond acceptors (Lipinski definition) is 10. The molecule has 0 aromatic rings. The zero-order valence-corrected chi connectivity index (χ0v) is 21.0. The number of carbonyl (C=O) groups is 2. The molecule has 0 aliphatic carbocycles. The Morgan fingerprint density at radius 3 is 2.14 bits per heavy atom. The highest BCUT2D eigenvalue weighted by Crippen LogP contribution is 2.18. The van der Waals surface area contributed by atoms with Crippen molar-refractivity contribution in [3.8, 4) is 0 Å². The maximum absolute atomic E-state index is 12.3. The van der Waals surface area contributed by atoms with E-state index >= 15 is 0 Å². The Morgan fingerprint density at radius 2 is 1.55 bits per heavy atom. The van der Waals surface area contributed by atoms with Crippen molar-refractivity contribution < 1.29 is 32.3 Å². The molecule has 0 rings (SSSR count). The second-order valence-electron chi connectivity index (χ2n) is 6.23. The van der Waals surface area contributed by atoms with Crippen LogP contribution in [0.4, 0.5) is 0 Å². The third kappa shape index (κ3) is 14.5. The van der Waals surface area contributed by atoms with Gasteiger partial charge in [-0.1, -0.05) is 21.6 Å². The van der Waals surface area contributed by atoms with Gasteiger partial charge in [-0.3, -0.25) is 9.59 Å². The van der Waals surface area contributed by atoms with Crippen molar-refractivity contribution in [1.82, 2.24) is 4.90 Å². The average Bonchev–Trinajstić information content (AvgIpc) is 2.73. The lowest BCUT2D eigenvalue weighted by Gasteiger charge is -2.24. The van der Waals surface area contributed by atoms with Gasteiger partial charge in [-0.25, -0.2) is 0 Å². The van der Waals surface area contributed by atoms with E-state index in [4.69, 9.17) is 22.8 Å². The number of nitrogens with zero attached hydrogens (tertiary/aromatic N) is 1. The maximum atomic E-state index is 12.3. The Labute approximate surface area is 184 Å². The molecule has 0 amide bonds.